The van der Waals surface area contributed by atoms with Gasteiger partial charge in [-0.05, 0) is 47.5 Å². The van der Waals surface area contributed by atoms with Crippen molar-refractivity contribution in [1.29, 1.82) is 5.26 Å². The van der Waals surface area contributed by atoms with Gasteiger partial charge in [-0.1, -0.05) is 0 Å². The number of nitriles is 1. The number of benzene rings is 1. The van der Waals surface area contributed by atoms with Crippen molar-refractivity contribution in [2.45, 2.75) is 17.9 Å². The lowest BCUT2D eigenvalue weighted by Crippen LogP contribution is -2.27. The second kappa shape index (κ2) is 5.63. The number of nitrogen functional groups attached to an aromatic ring is 1. The third kappa shape index (κ3) is 2.99. The summed E-state index contributed by atoms with van der Waals surface area (Å²) in [5.74, 6) is 0. The SMILES string of the molecule is CC(NS(=O)(=O)c1ccc(C#N)cc1N)c1ccsc1. The quantitative estimate of drug-likeness (QED) is 0.847. The second-order valence-electron chi connectivity index (χ2n) is 4.26. The Labute approximate surface area is 121 Å². The van der Waals surface area contributed by atoms with Crippen molar-refractivity contribution in [2.24, 2.45) is 0 Å². The molecule has 1 aromatic carbocycles. The van der Waals surface area contributed by atoms with Gasteiger partial charge in [-0.3, -0.25) is 0 Å². The van der Waals surface area contributed by atoms with Gasteiger partial charge >= 0.3 is 0 Å². The van der Waals surface area contributed by atoms with Crippen LogP contribution in [0.1, 0.15) is 24.1 Å². The van der Waals surface area contributed by atoms with Crippen molar-refractivity contribution in [3.05, 3.63) is 46.2 Å². The maximum Gasteiger partial charge on any atom is 0.243 e. The smallest absolute Gasteiger partial charge is 0.243 e. The molecule has 0 spiro atoms. The van der Waals surface area contributed by atoms with Crippen LogP contribution < -0.4 is 10.5 Å². The number of thiophene rings is 1. The normalized spacial score (nSPS) is 12.8. The molecule has 20 heavy (non-hydrogen) atoms. The summed E-state index contributed by atoms with van der Waals surface area (Å²) in [6, 6.07) is 7.56. The molecule has 0 saturated carbocycles. The first-order valence-corrected chi connectivity index (χ1v) is 8.20. The highest BCUT2D eigenvalue weighted by molar-refractivity contribution is 7.89. The molecule has 0 fully saturated rings. The molecule has 1 heterocycles. The molecular formula is C13H13N3O2S2. The van der Waals surface area contributed by atoms with E-state index in [1.807, 2.05) is 22.9 Å². The molecule has 2 rings (SSSR count). The number of anilines is 1. The molecule has 1 unspecified atom stereocenters. The molecule has 0 saturated heterocycles. The molecule has 7 heteroatoms. The molecule has 0 bridgehead atoms. The average Bonchev–Trinajstić information content (AvgIpc) is 2.91. The highest BCUT2D eigenvalue weighted by Gasteiger charge is 2.21. The molecule has 0 aliphatic heterocycles. The van der Waals surface area contributed by atoms with E-state index in [1.165, 1.54) is 29.5 Å². The highest BCUT2D eigenvalue weighted by Crippen LogP contribution is 2.23. The zero-order valence-electron chi connectivity index (χ0n) is 10.7. The molecule has 0 amide bonds. The summed E-state index contributed by atoms with van der Waals surface area (Å²) >= 11 is 1.50. The minimum atomic E-state index is -3.72. The summed E-state index contributed by atoms with van der Waals surface area (Å²) in [5.41, 5.74) is 6.99. The van der Waals surface area contributed by atoms with Crippen LogP contribution in [0.15, 0.2) is 39.9 Å². The van der Waals surface area contributed by atoms with Crippen LogP contribution in [0.2, 0.25) is 0 Å². The molecular weight excluding hydrogens is 294 g/mol. The van der Waals surface area contributed by atoms with Gasteiger partial charge in [-0.2, -0.15) is 16.6 Å². The Kier molecular flexibility index (Phi) is 4.09. The Morgan fingerprint density at radius 3 is 2.70 bits per heavy atom. The summed E-state index contributed by atoms with van der Waals surface area (Å²) in [6.45, 7) is 1.76. The standard InChI is InChI=1S/C13H13N3O2S2/c1-9(11-4-5-19-8-11)16-20(17,18)13-3-2-10(7-14)6-12(13)15/h2-6,8-9,16H,15H2,1H3. The van der Waals surface area contributed by atoms with Crippen LogP contribution in [-0.2, 0) is 10.0 Å². The van der Waals surface area contributed by atoms with Crippen molar-refractivity contribution in [3.63, 3.8) is 0 Å². The van der Waals surface area contributed by atoms with Crippen LogP contribution >= 0.6 is 11.3 Å². The second-order valence-corrected chi connectivity index (χ2v) is 6.73. The van der Waals surface area contributed by atoms with E-state index in [9.17, 15) is 8.42 Å². The molecule has 104 valence electrons. The van der Waals surface area contributed by atoms with Crippen molar-refractivity contribution in [2.75, 3.05) is 5.73 Å². The predicted molar refractivity (Wildman–Crippen MR) is 78.6 cm³/mol. The Bertz CT molecular complexity index is 746. The van der Waals surface area contributed by atoms with E-state index >= 15 is 0 Å². The van der Waals surface area contributed by atoms with Crippen LogP contribution in [0.3, 0.4) is 0 Å². The molecule has 1 atom stereocenters. The first kappa shape index (κ1) is 14.5. The Morgan fingerprint density at radius 1 is 1.40 bits per heavy atom. The van der Waals surface area contributed by atoms with Crippen molar-refractivity contribution < 1.29 is 8.42 Å². The maximum absolute atomic E-state index is 12.3. The van der Waals surface area contributed by atoms with Crippen LogP contribution in [0.4, 0.5) is 5.69 Å². The summed E-state index contributed by atoms with van der Waals surface area (Å²) in [6.07, 6.45) is 0. The van der Waals surface area contributed by atoms with Crippen LogP contribution in [0, 0.1) is 11.3 Å². The molecule has 0 radical (unpaired) electrons. The minimum absolute atomic E-state index is 0.0152. The van der Waals surface area contributed by atoms with Crippen molar-refractivity contribution in [1.82, 2.24) is 4.72 Å². The molecule has 2 aromatic rings. The number of sulfonamides is 1. The van der Waals surface area contributed by atoms with E-state index in [-0.39, 0.29) is 16.6 Å². The van der Waals surface area contributed by atoms with Crippen molar-refractivity contribution >= 4 is 27.0 Å². The fourth-order valence-electron chi connectivity index (χ4n) is 1.75. The monoisotopic (exact) mass is 307 g/mol. The van der Waals surface area contributed by atoms with E-state index < -0.39 is 10.0 Å². The summed E-state index contributed by atoms with van der Waals surface area (Å²) in [7, 11) is -3.72. The summed E-state index contributed by atoms with van der Waals surface area (Å²) in [4.78, 5) is -0.0152. The van der Waals surface area contributed by atoms with Gasteiger partial charge in [0.15, 0.2) is 0 Å². The van der Waals surface area contributed by atoms with Crippen LogP contribution in [0.5, 0.6) is 0 Å². The number of hydrogen-bond donors (Lipinski definition) is 2. The fraction of sp³-hybridized carbons (Fsp3) is 0.154. The van der Waals surface area contributed by atoms with Crippen molar-refractivity contribution in [3.8, 4) is 6.07 Å². The summed E-state index contributed by atoms with van der Waals surface area (Å²) < 4.78 is 27.1. The van der Waals surface area contributed by atoms with Gasteiger partial charge < -0.3 is 5.73 Å². The van der Waals surface area contributed by atoms with Gasteiger partial charge in [0.25, 0.3) is 0 Å². The third-order valence-electron chi connectivity index (χ3n) is 2.80. The highest BCUT2D eigenvalue weighted by atomic mass is 32.2. The third-order valence-corrected chi connectivity index (χ3v) is 5.12. The van der Waals surface area contributed by atoms with E-state index in [1.54, 1.807) is 6.92 Å². The first-order chi connectivity index (χ1) is 9.44. The van der Waals surface area contributed by atoms with Crippen LogP contribution in [0.25, 0.3) is 0 Å². The Hall–Kier alpha value is -1.88. The summed E-state index contributed by atoms with van der Waals surface area (Å²) in [5, 5.41) is 12.5. The topological polar surface area (TPSA) is 96.0 Å². The van der Waals surface area contributed by atoms with E-state index in [2.05, 4.69) is 4.72 Å². The maximum atomic E-state index is 12.3. The van der Waals surface area contributed by atoms with Gasteiger partial charge in [-0.25, -0.2) is 13.1 Å². The number of nitrogens with one attached hydrogen (secondary N) is 1. The average molecular weight is 307 g/mol. The fourth-order valence-corrected chi connectivity index (χ4v) is 3.85. The zero-order valence-corrected chi connectivity index (χ0v) is 12.3. The van der Waals surface area contributed by atoms with E-state index in [0.717, 1.165) is 5.56 Å². The molecule has 0 aliphatic carbocycles. The molecule has 5 nitrogen and oxygen atoms in total. The molecule has 1 aromatic heterocycles. The Morgan fingerprint density at radius 2 is 2.15 bits per heavy atom. The Balaban J connectivity index is 2.29. The largest absolute Gasteiger partial charge is 0.398 e. The number of nitrogens with zero attached hydrogens (tertiary/aromatic N) is 1. The lowest BCUT2D eigenvalue weighted by atomic mass is 10.2. The number of nitrogens with two attached hydrogens (primary N) is 1. The lowest BCUT2D eigenvalue weighted by molar-refractivity contribution is 0.567. The van der Waals surface area contributed by atoms with E-state index in [4.69, 9.17) is 11.0 Å². The molecule has 3 N–H and O–H groups in total. The first-order valence-electron chi connectivity index (χ1n) is 5.78. The number of rotatable bonds is 4. The van der Waals surface area contributed by atoms with Gasteiger partial charge in [0.1, 0.15) is 4.90 Å². The van der Waals surface area contributed by atoms with Gasteiger partial charge in [0, 0.05) is 6.04 Å². The zero-order chi connectivity index (χ0) is 14.8. The number of hydrogen-bond acceptors (Lipinski definition) is 5. The van der Waals surface area contributed by atoms with Crippen LogP contribution in [-0.4, -0.2) is 8.42 Å². The van der Waals surface area contributed by atoms with Gasteiger partial charge in [0.05, 0.1) is 17.3 Å². The van der Waals surface area contributed by atoms with Gasteiger partial charge in [0.2, 0.25) is 10.0 Å². The van der Waals surface area contributed by atoms with Gasteiger partial charge in [-0.15, -0.1) is 0 Å². The lowest BCUT2D eigenvalue weighted by Gasteiger charge is -2.14. The predicted octanol–water partition coefficient (Wildman–Crippen LogP) is 2.24. The minimum Gasteiger partial charge on any atom is -0.398 e. The molecule has 0 aliphatic rings. The van der Waals surface area contributed by atoms with E-state index in [0.29, 0.717) is 5.56 Å².